The van der Waals surface area contributed by atoms with Crippen LogP contribution in [-0.4, -0.2) is 25.3 Å². The molecule has 18 heavy (non-hydrogen) atoms. The molecule has 1 heterocycles. The lowest BCUT2D eigenvalue weighted by Crippen LogP contribution is -2.34. The Hall–Kier alpha value is -0.100. The van der Waals surface area contributed by atoms with Gasteiger partial charge in [-0.25, -0.2) is 8.42 Å². The van der Waals surface area contributed by atoms with Gasteiger partial charge in [0.15, 0.2) is 0 Å². The molecule has 1 saturated heterocycles. The molecule has 0 amide bonds. The third-order valence-electron chi connectivity index (χ3n) is 3.21. The molecule has 2 atom stereocenters. The van der Waals surface area contributed by atoms with E-state index in [4.69, 9.17) is 11.6 Å². The van der Waals surface area contributed by atoms with E-state index in [2.05, 4.69) is 22.9 Å². The van der Waals surface area contributed by atoms with Crippen LogP contribution in [0.2, 0.25) is 5.02 Å². The summed E-state index contributed by atoms with van der Waals surface area (Å²) in [4.78, 5) is 0.188. The highest BCUT2D eigenvalue weighted by Gasteiger charge is 2.36. The number of benzene rings is 1. The van der Waals surface area contributed by atoms with Gasteiger partial charge in [0.2, 0.25) is 10.0 Å². The third kappa shape index (κ3) is 2.59. The van der Waals surface area contributed by atoms with Gasteiger partial charge in [0, 0.05) is 17.1 Å². The minimum absolute atomic E-state index is 0.0321. The normalized spacial score (nSPS) is 25.6. The Morgan fingerprint density at radius 1 is 1.39 bits per heavy atom. The van der Waals surface area contributed by atoms with Crippen molar-refractivity contribution in [2.75, 3.05) is 6.54 Å². The van der Waals surface area contributed by atoms with Crippen LogP contribution in [0.1, 0.15) is 20.3 Å². The minimum atomic E-state index is -3.49. The molecule has 0 aliphatic carbocycles. The lowest BCUT2D eigenvalue weighted by molar-refractivity contribution is 0.405. The van der Waals surface area contributed by atoms with Crippen LogP contribution in [-0.2, 0) is 10.0 Å². The maximum absolute atomic E-state index is 12.5. The van der Waals surface area contributed by atoms with Gasteiger partial charge < -0.3 is 0 Å². The quantitative estimate of drug-likeness (QED) is 0.816. The van der Waals surface area contributed by atoms with E-state index in [0.29, 0.717) is 12.5 Å². The lowest BCUT2D eigenvalue weighted by Gasteiger charge is -2.21. The average Bonchev–Trinajstić information content (AvgIpc) is 2.57. The molecule has 0 radical (unpaired) electrons. The van der Waals surface area contributed by atoms with E-state index in [0.717, 1.165) is 10.9 Å². The predicted octanol–water partition coefficient (Wildman–Crippen LogP) is 3.52. The summed E-state index contributed by atoms with van der Waals surface area (Å²) in [6.45, 7) is 4.57. The summed E-state index contributed by atoms with van der Waals surface area (Å²) < 4.78 is 27.4. The summed E-state index contributed by atoms with van der Waals surface area (Å²) in [5, 5.41) is 0.260. The molecule has 1 aliphatic heterocycles. The van der Waals surface area contributed by atoms with E-state index in [1.807, 2.05) is 6.92 Å². The highest BCUT2D eigenvalue weighted by Crippen LogP contribution is 2.33. The lowest BCUT2D eigenvalue weighted by atomic mass is 10.1. The van der Waals surface area contributed by atoms with Crippen molar-refractivity contribution in [3.05, 3.63) is 27.7 Å². The summed E-state index contributed by atoms with van der Waals surface area (Å²) in [6.07, 6.45) is 0.896. The van der Waals surface area contributed by atoms with E-state index in [1.54, 1.807) is 22.5 Å². The van der Waals surface area contributed by atoms with Gasteiger partial charge in [0.05, 0.1) is 5.02 Å². The fourth-order valence-corrected chi connectivity index (χ4v) is 5.18. The minimum Gasteiger partial charge on any atom is -0.207 e. The van der Waals surface area contributed by atoms with Gasteiger partial charge in [-0.3, -0.25) is 0 Å². The van der Waals surface area contributed by atoms with Crippen molar-refractivity contribution in [1.82, 2.24) is 4.31 Å². The molecule has 0 bridgehead atoms. The number of halogens is 2. The van der Waals surface area contributed by atoms with Crippen molar-refractivity contribution < 1.29 is 8.42 Å². The molecule has 100 valence electrons. The van der Waals surface area contributed by atoms with E-state index in [9.17, 15) is 8.42 Å². The number of hydrogen-bond acceptors (Lipinski definition) is 2. The average molecular weight is 353 g/mol. The standard InChI is InChI=1S/C12H15BrClNO2S/c1-8-5-9(2)15(7-8)18(16,17)12-4-3-10(13)6-11(12)14/h3-4,6,8-9H,5,7H2,1-2H3. The number of sulfonamides is 1. The Bertz CT molecular complexity index is 561. The van der Waals surface area contributed by atoms with Crippen LogP contribution >= 0.6 is 27.5 Å². The van der Waals surface area contributed by atoms with Crippen molar-refractivity contribution >= 4 is 37.6 Å². The smallest absolute Gasteiger partial charge is 0.207 e. The summed E-state index contributed by atoms with van der Waals surface area (Å²) in [7, 11) is -3.49. The Balaban J connectivity index is 2.42. The maximum atomic E-state index is 12.5. The summed E-state index contributed by atoms with van der Waals surface area (Å²) in [5.41, 5.74) is 0. The SMILES string of the molecule is CC1CC(C)N(S(=O)(=O)c2ccc(Br)cc2Cl)C1. The highest BCUT2D eigenvalue weighted by atomic mass is 79.9. The molecular weight excluding hydrogens is 338 g/mol. The molecule has 0 aromatic heterocycles. The number of rotatable bonds is 2. The molecular formula is C12H15BrClNO2S. The van der Waals surface area contributed by atoms with E-state index in [-0.39, 0.29) is 16.0 Å². The van der Waals surface area contributed by atoms with Gasteiger partial charge >= 0.3 is 0 Å². The molecule has 1 fully saturated rings. The van der Waals surface area contributed by atoms with Crippen molar-refractivity contribution in [2.45, 2.75) is 31.2 Å². The van der Waals surface area contributed by atoms with Crippen LogP contribution in [0, 0.1) is 5.92 Å². The van der Waals surface area contributed by atoms with Crippen LogP contribution in [0.25, 0.3) is 0 Å². The number of hydrogen-bond donors (Lipinski definition) is 0. The maximum Gasteiger partial charge on any atom is 0.244 e. The first-order valence-corrected chi connectivity index (χ1v) is 8.40. The second-order valence-corrected chi connectivity index (χ2v) is 8.02. The molecule has 2 unspecified atom stereocenters. The van der Waals surface area contributed by atoms with Gasteiger partial charge in [0.1, 0.15) is 4.90 Å². The van der Waals surface area contributed by atoms with Crippen LogP contribution < -0.4 is 0 Å². The van der Waals surface area contributed by atoms with E-state index in [1.165, 1.54) is 0 Å². The van der Waals surface area contributed by atoms with Crippen molar-refractivity contribution in [3.8, 4) is 0 Å². The topological polar surface area (TPSA) is 37.4 Å². The van der Waals surface area contributed by atoms with Crippen molar-refractivity contribution in [2.24, 2.45) is 5.92 Å². The zero-order valence-corrected chi connectivity index (χ0v) is 13.4. The summed E-state index contributed by atoms with van der Waals surface area (Å²) in [5.74, 6) is 0.393. The fraction of sp³-hybridized carbons (Fsp3) is 0.500. The Morgan fingerprint density at radius 3 is 2.56 bits per heavy atom. The van der Waals surface area contributed by atoms with Crippen LogP contribution in [0.3, 0.4) is 0 Å². The van der Waals surface area contributed by atoms with E-state index < -0.39 is 10.0 Å². The molecule has 1 aliphatic rings. The number of nitrogens with zero attached hydrogens (tertiary/aromatic N) is 1. The van der Waals surface area contributed by atoms with Crippen LogP contribution in [0.5, 0.6) is 0 Å². The van der Waals surface area contributed by atoms with Crippen molar-refractivity contribution in [1.29, 1.82) is 0 Å². The first-order valence-electron chi connectivity index (χ1n) is 5.79. The Kier molecular flexibility index (Phi) is 4.07. The molecule has 6 heteroatoms. The molecule has 3 nitrogen and oxygen atoms in total. The monoisotopic (exact) mass is 351 g/mol. The second kappa shape index (κ2) is 5.12. The Morgan fingerprint density at radius 2 is 2.06 bits per heavy atom. The molecule has 1 aromatic carbocycles. The fourth-order valence-electron chi connectivity index (χ4n) is 2.41. The molecule has 1 aromatic rings. The molecule has 2 rings (SSSR count). The van der Waals surface area contributed by atoms with E-state index >= 15 is 0 Å². The molecule has 0 N–H and O–H groups in total. The largest absolute Gasteiger partial charge is 0.244 e. The van der Waals surface area contributed by atoms with Gasteiger partial charge in [-0.05, 0) is 37.5 Å². The zero-order valence-electron chi connectivity index (χ0n) is 10.2. The molecule has 0 spiro atoms. The van der Waals surface area contributed by atoms with Crippen LogP contribution in [0.4, 0.5) is 0 Å². The first kappa shape index (κ1) is 14.3. The molecule has 0 saturated carbocycles. The summed E-state index contributed by atoms with van der Waals surface area (Å²) in [6, 6.07) is 4.89. The van der Waals surface area contributed by atoms with Crippen molar-refractivity contribution in [3.63, 3.8) is 0 Å². The summed E-state index contributed by atoms with van der Waals surface area (Å²) >= 11 is 9.32. The highest BCUT2D eigenvalue weighted by molar-refractivity contribution is 9.10. The first-order chi connectivity index (χ1) is 8.32. The van der Waals surface area contributed by atoms with Gasteiger partial charge in [-0.1, -0.05) is 34.5 Å². The predicted molar refractivity (Wildman–Crippen MR) is 76.3 cm³/mol. The second-order valence-electron chi connectivity index (χ2n) is 4.84. The third-order valence-corrected chi connectivity index (χ3v) is 6.16. The van der Waals surface area contributed by atoms with Gasteiger partial charge in [-0.15, -0.1) is 0 Å². The van der Waals surface area contributed by atoms with Gasteiger partial charge in [-0.2, -0.15) is 4.31 Å². The zero-order chi connectivity index (χ0) is 13.5. The van der Waals surface area contributed by atoms with Crippen LogP contribution in [0.15, 0.2) is 27.6 Å². The Labute approximate surface area is 121 Å². The van der Waals surface area contributed by atoms with Gasteiger partial charge in [0.25, 0.3) is 0 Å².